The summed E-state index contributed by atoms with van der Waals surface area (Å²) in [5.41, 5.74) is 0.594. The summed E-state index contributed by atoms with van der Waals surface area (Å²) in [7, 11) is -1.44. The summed E-state index contributed by atoms with van der Waals surface area (Å²) >= 11 is 5.32. The van der Waals surface area contributed by atoms with Crippen LogP contribution in [0.25, 0.3) is 11.5 Å². The Bertz CT molecular complexity index is 958. The number of benzene rings is 1. The lowest BCUT2D eigenvalue weighted by atomic mass is 10.2. The Labute approximate surface area is 171 Å². The van der Waals surface area contributed by atoms with Crippen LogP contribution in [0.15, 0.2) is 33.6 Å². The molecule has 2 heterocycles. The molecular formula is C18H27N5O3S2. The lowest BCUT2D eigenvalue weighted by molar-refractivity contribution is 0.118. The third kappa shape index (κ3) is 4.52. The number of aromatic nitrogens is 2. The Morgan fingerprint density at radius 3 is 2.50 bits per heavy atom. The molecule has 0 unspecified atom stereocenters. The Hall–Kier alpha value is -1.59. The van der Waals surface area contributed by atoms with Gasteiger partial charge in [-0.25, -0.2) is 13.1 Å². The van der Waals surface area contributed by atoms with E-state index in [0.29, 0.717) is 31.2 Å². The van der Waals surface area contributed by atoms with E-state index in [1.807, 2.05) is 13.8 Å². The molecule has 1 aliphatic rings. The van der Waals surface area contributed by atoms with Gasteiger partial charge in [-0.2, -0.15) is 4.31 Å². The van der Waals surface area contributed by atoms with E-state index in [0.717, 1.165) is 26.2 Å². The zero-order valence-electron chi connectivity index (χ0n) is 16.5. The van der Waals surface area contributed by atoms with E-state index in [-0.39, 0.29) is 9.73 Å². The van der Waals surface area contributed by atoms with Crippen molar-refractivity contribution < 1.29 is 12.8 Å². The second-order valence-corrected chi connectivity index (χ2v) is 9.14. The van der Waals surface area contributed by atoms with Crippen LogP contribution in [0, 0.1) is 4.84 Å². The molecule has 0 bridgehead atoms. The van der Waals surface area contributed by atoms with Crippen LogP contribution >= 0.6 is 12.2 Å². The minimum Gasteiger partial charge on any atom is -0.409 e. The number of hydrogen-bond acceptors (Lipinski definition) is 7. The van der Waals surface area contributed by atoms with Gasteiger partial charge in [0.05, 0.1) is 11.6 Å². The second-order valence-electron chi connectivity index (χ2n) is 6.85. The van der Waals surface area contributed by atoms with E-state index in [9.17, 15) is 8.42 Å². The highest BCUT2D eigenvalue weighted by Crippen LogP contribution is 2.23. The molecule has 0 saturated carbocycles. The van der Waals surface area contributed by atoms with Crippen LogP contribution < -0.4 is 0 Å². The van der Waals surface area contributed by atoms with Crippen molar-refractivity contribution in [2.75, 3.05) is 46.3 Å². The van der Waals surface area contributed by atoms with E-state index in [4.69, 9.17) is 16.6 Å². The van der Waals surface area contributed by atoms with Gasteiger partial charge in [0, 0.05) is 44.8 Å². The summed E-state index contributed by atoms with van der Waals surface area (Å²) in [4.78, 5) is 5.06. The highest BCUT2D eigenvalue weighted by atomic mass is 32.2. The maximum absolute atomic E-state index is 12.8. The third-order valence-corrected chi connectivity index (χ3v) is 7.30. The highest BCUT2D eigenvalue weighted by Gasteiger charge is 2.23. The number of sulfonamides is 1. The van der Waals surface area contributed by atoms with Crippen LogP contribution in [-0.2, 0) is 16.7 Å². The maximum Gasteiger partial charge on any atom is 0.288 e. The van der Waals surface area contributed by atoms with E-state index in [1.165, 1.54) is 4.31 Å². The zero-order chi connectivity index (χ0) is 20.3. The lowest BCUT2D eigenvalue weighted by Crippen LogP contribution is -2.45. The number of nitrogens with zero attached hydrogens (tertiary/aromatic N) is 5. The van der Waals surface area contributed by atoms with Crippen molar-refractivity contribution >= 4 is 22.2 Å². The number of hydrogen-bond donors (Lipinski definition) is 0. The zero-order valence-corrected chi connectivity index (χ0v) is 18.2. The Morgan fingerprint density at radius 2 is 1.86 bits per heavy atom. The third-order valence-electron chi connectivity index (χ3n) is 4.96. The van der Waals surface area contributed by atoms with Crippen molar-refractivity contribution in [3.8, 4) is 11.5 Å². The average Bonchev–Trinajstić information content (AvgIpc) is 3.05. The largest absolute Gasteiger partial charge is 0.409 e. The highest BCUT2D eigenvalue weighted by molar-refractivity contribution is 7.89. The molecule has 1 saturated heterocycles. The predicted octanol–water partition coefficient (Wildman–Crippen LogP) is 2.11. The molecule has 28 heavy (non-hydrogen) atoms. The van der Waals surface area contributed by atoms with Crippen LogP contribution in [0.2, 0.25) is 0 Å². The monoisotopic (exact) mass is 425 g/mol. The fourth-order valence-corrected chi connectivity index (χ4v) is 4.88. The van der Waals surface area contributed by atoms with Gasteiger partial charge in [0.1, 0.15) is 0 Å². The van der Waals surface area contributed by atoms with Gasteiger partial charge >= 0.3 is 0 Å². The fourth-order valence-electron chi connectivity index (χ4n) is 3.19. The van der Waals surface area contributed by atoms with Crippen LogP contribution in [0.1, 0.15) is 13.8 Å². The first-order valence-corrected chi connectivity index (χ1v) is 11.3. The van der Waals surface area contributed by atoms with Crippen LogP contribution in [-0.4, -0.2) is 78.6 Å². The van der Waals surface area contributed by atoms with Gasteiger partial charge in [0.25, 0.3) is 4.84 Å². The first kappa shape index (κ1) is 21.1. The number of likely N-dealkylation sites (N-methyl/N-ethyl adjacent to an activating group) is 1. The molecule has 1 fully saturated rings. The maximum atomic E-state index is 12.8. The van der Waals surface area contributed by atoms with Crippen molar-refractivity contribution in [3.05, 3.63) is 29.1 Å². The topological polar surface area (TPSA) is 74.8 Å². The fraction of sp³-hybridized carbons (Fsp3) is 0.556. The Morgan fingerprint density at radius 1 is 1.18 bits per heavy atom. The van der Waals surface area contributed by atoms with Gasteiger partial charge in [-0.15, -0.1) is 5.10 Å². The molecule has 3 rings (SSSR count). The van der Waals surface area contributed by atoms with Crippen molar-refractivity contribution in [1.29, 1.82) is 0 Å². The molecule has 0 aliphatic carbocycles. The van der Waals surface area contributed by atoms with Gasteiger partial charge in [-0.05, 0) is 37.5 Å². The Balaban J connectivity index is 1.84. The summed E-state index contributed by atoms with van der Waals surface area (Å²) < 4.78 is 34.3. The number of piperazine rings is 1. The molecule has 154 valence electrons. The van der Waals surface area contributed by atoms with E-state index in [1.54, 1.807) is 28.9 Å². The molecule has 0 spiro atoms. The summed E-state index contributed by atoms with van der Waals surface area (Å²) in [6.45, 7) is 8.94. The quantitative estimate of drug-likeness (QED) is 0.629. The van der Waals surface area contributed by atoms with Crippen LogP contribution in [0.3, 0.4) is 0 Å². The van der Waals surface area contributed by atoms with Gasteiger partial charge in [0.15, 0.2) is 0 Å². The van der Waals surface area contributed by atoms with Crippen LogP contribution in [0.5, 0.6) is 0 Å². The van der Waals surface area contributed by atoms with Gasteiger partial charge < -0.3 is 9.32 Å². The smallest absolute Gasteiger partial charge is 0.288 e. The SMILES string of the molecule is CCN(CC)S(=O)(=O)c1cccc(-c2nn(CN3CCN(C)CC3)c(=S)o2)c1. The predicted molar refractivity (Wildman–Crippen MR) is 110 cm³/mol. The molecule has 0 radical (unpaired) electrons. The van der Waals surface area contributed by atoms with Crippen molar-refractivity contribution in [1.82, 2.24) is 23.9 Å². The molecule has 1 aliphatic heterocycles. The molecule has 8 nitrogen and oxygen atoms in total. The van der Waals surface area contributed by atoms with Crippen LogP contribution in [0.4, 0.5) is 0 Å². The van der Waals surface area contributed by atoms with Crippen molar-refractivity contribution in [3.63, 3.8) is 0 Å². The minimum atomic E-state index is -3.54. The molecule has 1 aromatic heterocycles. The average molecular weight is 426 g/mol. The molecular weight excluding hydrogens is 398 g/mol. The molecule has 10 heteroatoms. The summed E-state index contributed by atoms with van der Waals surface area (Å²) in [5.74, 6) is 0.329. The van der Waals surface area contributed by atoms with Gasteiger partial charge in [-0.3, -0.25) is 4.90 Å². The van der Waals surface area contributed by atoms with Gasteiger partial charge in [0.2, 0.25) is 15.9 Å². The lowest BCUT2D eigenvalue weighted by Gasteiger charge is -2.31. The normalized spacial score (nSPS) is 16.7. The first-order valence-electron chi connectivity index (χ1n) is 9.44. The second kappa shape index (κ2) is 8.83. The molecule has 2 aromatic rings. The molecule has 0 atom stereocenters. The first-order chi connectivity index (χ1) is 13.3. The van der Waals surface area contributed by atoms with E-state index < -0.39 is 10.0 Å². The van der Waals surface area contributed by atoms with Crippen molar-refractivity contribution in [2.45, 2.75) is 25.4 Å². The van der Waals surface area contributed by atoms with Gasteiger partial charge in [-0.1, -0.05) is 19.9 Å². The van der Waals surface area contributed by atoms with E-state index in [2.05, 4.69) is 21.9 Å². The van der Waals surface area contributed by atoms with E-state index >= 15 is 0 Å². The molecule has 1 aromatic carbocycles. The minimum absolute atomic E-state index is 0.225. The molecule has 0 amide bonds. The summed E-state index contributed by atoms with van der Waals surface area (Å²) in [6, 6.07) is 6.66. The molecule has 0 N–H and O–H groups in total. The summed E-state index contributed by atoms with van der Waals surface area (Å²) in [6.07, 6.45) is 0. The van der Waals surface area contributed by atoms with Crippen molar-refractivity contribution in [2.24, 2.45) is 0 Å². The summed E-state index contributed by atoms with van der Waals surface area (Å²) in [5, 5.41) is 4.48. The number of rotatable bonds is 7. The Kier molecular flexibility index (Phi) is 6.66. The standard InChI is InChI=1S/C18H27N5O3S2/c1-4-22(5-2)28(24,25)16-8-6-7-15(13-16)17-19-23(18(27)26-17)14-21-11-9-20(3)10-12-21/h6-8,13H,4-5,9-12,14H2,1-3H3.